The van der Waals surface area contributed by atoms with Crippen LogP contribution in [0.15, 0.2) is 24.3 Å². The number of halogens is 1. The van der Waals surface area contributed by atoms with Crippen LogP contribution in [0, 0.1) is 5.82 Å². The molecule has 1 aromatic rings. The van der Waals surface area contributed by atoms with Crippen molar-refractivity contribution < 1.29 is 18.7 Å². The van der Waals surface area contributed by atoms with Gasteiger partial charge >= 0.3 is 5.97 Å². The minimum Gasteiger partial charge on any atom is -0.464 e. The first-order valence-electron chi connectivity index (χ1n) is 6.19. The molecule has 0 aromatic heterocycles. The van der Waals surface area contributed by atoms with Crippen LogP contribution in [0.25, 0.3) is 0 Å². The fourth-order valence-electron chi connectivity index (χ4n) is 2.45. The lowest BCUT2D eigenvalue weighted by atomic mass is 9.76. The molecule has 4 nitrogen and oxygen atoms in total. The lowest BCUT2D eigenvalue weighted by molar-refractivity contribution is -0.147. The van der Waals surface area contributed by atoms with Gasteiger partial charge in [0.2, 0.25) is 5.91 Å². The molecular formula is C14H16FNO3. The minimum absolute atomic E-state index is 0.183. The summed E-state index contributed by atoms with van der Waals surface area (Å²) in [4.78, 5) is 23.6. The Morgan fingerprint density at radius 2 is 2.11 bits per heavy atom. The monoisotopic (exact) mass is 265 g/mol. The first-order valence-corrected chi connectivity index (χ1v) is 6.19. The van der Waals surface area contributed by atoms with Gasteiger partial charge in [0.25, 0.3) is 0 Å². The second kappa shape index (κ2) is 4.99. The van der Waals surface area contributed by atoms with Crippen LogP contribution < -0.4 is 5.32 Å². The number of ether oxygens (including phenoxy) is 1. The molecule has 0 radical (unpaired) electrons. The summed E-state index contributed by atoms with van der Waals surface area (Å²) in [6, 6.07) is 5.12. The number of nitrogens with one attached hydrogen (secondary N) is 1. The van der Waals surface area contributed by atoms with E-state index in [1.54, 1.807) is 26.0 Å². The Labute approximate surface area is 110 Å². The summed E-state index contributed by atoms with van der Waals surface area (Å²) in [7, 11) is 0. The lowest BCUT2D eigenvalue weighted by Gasteiger charge is -2.29. The van der Waals surface area contributed by atoms with Gasteiger partial charge in [-0.05, 0) is 24.6 Å². The molecule has 1 N–H and O–H groups in total. The number of carbonyl (C=O) groups is 2. The summed E-state index contributed by atoms with van der Waals surface area (Å²) in [6.07, 6.45) is 0.183. The van der Waals surface area contributed by atoms with E-state index in [1.807, 2.05) is 0 Å². The van der Waals surface area contributed by atoms with E-state index in [9.17, 15) is 14.0 Å². The van der Waals surface area contributed by atoms with Gasteiger partial charge in [-0.1, -0.05) is 19.1 Å². The molecule has 1 heterocycles. The molecule has 102 valence electrons. The van der Waals surface area contributed by atoms with Crippen molar-refractivity contribution >= 4 is 11.9 Å². The number of esters is 1. The SMILES string of the molecule is CCOC(=O)C1NC(=O)CC1(C)c1ccc(F)cc1. The molecule has 1 aliphatic heterocycles. The summed E-state index contributed by atoms with van der Waals surface area (Å²) in [6.45, 7) is 3.77. The van der Waals surface area contributed by atoms with Gasteiger partial charge in [-0.2, -0.15) is 0 Å². The van der Waals surface area contributed by atoms with Gasteiger partial charge in [-0.15, -0.1) is 0 Å². The highest BCUT2D eigenvalue weighted by molar-refractivity contribution is 5.91. The van der Waals surface area contributed by atoms with Crippen LogP contribution in [0.1, 0.15) is 25.8 Å². The van der Waals surface area contributed by atoms with E-state index in [4.69, 9.17) is 4.74 Å². The molecule has 1 amide bonds. The van der Waals surface area contributed by atoms with E-state index in [2.05, 4.69) is 5.32 Å². The van der Waals surface area contributed by atoms with Crippen LogP contribution in [0.5, 0.6) is 0 Å². The van der Waals surface area contributed by atoms with E-state index >= 15 is 0 Å². The largest absolute Gasteiger partial charge is 0.464 e. The van der Waals surface area contributed by atoms with Gasteiger partial charge in [0.1, 0.15) is 11.9 Å². The number of amides is 1. The second-order valence-corrected chi connectivity index (χ2v) is 4.85. The van der Waals surface area contributed by atoms with Crippen molar-refractivity contribution in [2.24, 2.45) is 0 Å². The Bertz CT molecular complexity index is 500. The molecule has 0 bridgehead atoms. The smallest absolute Gasteiger partial charge is 0.329 e. The zero-order valence-corrected chi connectivity index (χ0v) is 10.9. The van der Waals surface area contributed by atoms with Crippen molar-refractivity contribution in [1.82, 2.24) is 5.32 Å². The highest BCUT2D eigenvalue weighted by atomic mass is 19.1. The summed E-state index contributed by atoms with van der Waals surface area (Å²) in [5.74, 6) is -1.01. The fraction of sp³-hybridized carbons (Fsp3) is 0.429. The molecule has 5 heteroatoms. The molecule has 19 heavy (non-hydrogen) atoms. The average Bonchev–Trinajstić information content (AvgIpc) is 2.67. The number of hydrogen-bond acceptors (Lipinski definition) is 3. The van der Waals surface area contributed by atoms with E-state index < -0.39 is 17.4 Å². The third kappa shape index (κ3) is 2.45. The minimum atomic E-state index is -0.731. The number of rotatable bonds is 3. The summed E-state index contributed by atoms with van der Waals surface area (Å²) in [5.41, 5.74) is 0.0297. The van der Waals surface area contributed by atoms with Crippen molar-refractivity contribution in [1.29, 1.82) is 0 Å². The molecule has 1 saturated heterocycles. The number of benzene rings is 1. The molecule has 1 aliphatic rings. The molecule has 1 aromatic carbocycles. The number of carbonyl (C=O) groups excluding carboxylic acids is 2. The van der Waals surface area contributed by atoms with E-state index in [0.29, 0.717) is 0 Å². The fourth-order valence-corrected chi connectivity index (χ4v) is 2.45. The topological polar surface area (TPSA) is 55.4 Å². The van der Waals surface area contributed by atoms with Crippen LogP contribution in [0.4, 0.5) is 4.39 Å². The maximum absolute atomic E-state index is 13.0. The van der Waals surface area contributed by atoms with Gasteiger partial charge in [0.05, 0.1) is 6.61 Å². The van der Waals surface area contributed by atoms with Crippen molar-refractivity contribution in [3.63, 3.8) is 0 Å². The summed E-state index contributed by atoms with van der Waals surface area (Å²) in [5, 5.41) is 2.63. The predicted octanol–water partition coefficient (Wildman–Crippen LogP) is 1.53. The van der Waals surface area contributed by atoms with E-state index in [-0.39, 0.29) is 24.8 Å². The maximum atomic E-state index is 13.0. The molecule has 0 spiro atoms. The zero-order chi connectivity index (χ0) is 14.0. The first kappa shape index (κ1) is 13.5. The maximum Gasteiger partial charge on any atom is 0.329 e. The van der Waals surface area contributed by atoms with Gasteiger partial charge in [0.15, 0.2) is 0 Å². The predicted molar refractivity (Wildman–Crippen MR) is 66.9 cm³/mol. The lowest BCUT2D eigenvalue weighted by Crippen LogP contribution is -2.45. The third-order valence-electron chi connectivity index (χ3n) is 3.50. The molecule has 2 unspecified atom stereocenters. The quantitative estimate of drug-likeness (QED) is 0.843. The molecule has 0 aliphatic carbocycles. The molecule has 1 fully saturated rings. The normalized spacial score (nSPS) is 26.1. The van der Waals surface area contributed by atoms with Crippen LogP contribution in [0.3, 0.4) is 0 Å². The van der Waals surface area contributed by atoms with Crippen molar-refractivity contribution in [3.8, 4) is 0 Å². The highest BCUT2D eigenvalue weighted by Crippen LogP contribution is 2.36. The zero-order valence-electron chi connectivity index (χ0n) is 10.9. The van der Waals surface area contributed by atoms with Crippen molar-refractivity contribution in [2.75, 3.05) is 6.61 Å². The van der Waals surface area contributed by atoms with Crippen LogP contribution in [-0.2, 0) is 19.7 Å². The van der Waals surface area contributed by atoms with Gasteiger partial charge < -0.3 is 10.1 Å². The van der Waals surface area contributed by atoms with Crippen LogP contribution in [-0.4, -0.2) is 24.5 Å². The molecule has 0 saturated carbocycles. The Morgan fingerprint density at radius 3 is 2.68 bits per heavy atom. The molecule has 2 atom stereocenters. The Hall–Kier alpha value is -1.91. The number of hydrogen-bond donors (Lipinski definition) is 1. The van der Waals surface area contributed by atoms with E-state index in [1.165, 1.54) is 12.1 Å². The Morgan fingerprint density at radius 1 is 1.47 bits per heavy atom. The standard InChI is InChI=1S/C14H16FNO3/c1-3-19-13(18)12-14(2,8-11(17)16-12)9-4-6-10(15)7-5-9/h4-7,12H,3,8H2,1-2H3,(H,16,17). The highest BCUT2D eigenvalue weighted by Gasteiger charge is 2.49. The average molecular weight is 265 g/mol. The van der Waals surface area contributed by atoms with E-state index in [0.717, 1.165) is 5.56 Å². The Kier molecular flexibility index (Phi) is 3.55. The molecular weight excluding hydrogens is 249 g/mol. The van der Waals surface area contributed by atoms with Gasteiger partial charge in [-0.3, -0.25) is 4.79 Å². The van der Waals surface area contributed by atoms with Crippen molar-refractivity contribution in [3.05, 3.63) is 35.6 Å². The summed E-state index contributed by atoms with van der Waals surface area (Å²) >= 11 is 0. The van der Waals surface area contributed by atoms with Crippen molar-refractivity contribution in [2.45, 2.75) is 31.7 Å². The van der Waals surface area contributed by atoms with Crippen LogP contribution >= 0.6 is 0 Å². The third-order valence-corrected chi connectivity index (χ3v) is 3.50. The van der Waals surface area contributed by atoms with Gasteiger partial charge in [-0.25, -0.2) is 9.18 Å². The van der Waals surface area contributed by atoms with Gasteiger partial charge in [0, 0.05) is 11.8 Å². The Balaban J connectivity index is 2.35. The molecule has 2 rings (SSSR count). The first-order chi connectivity index (χ1) is 8.97. The van der Waals surface area contributed by atoms with Crippen LogP contribution in [0.2, 0.25) is 0 Å². The summed E-state index contributed by atoms with van der Waals surface area (Å²) < 4.78 is 18.0. The second-order valence-electron chi connectivity index (χ2n) is 4.85.